The number of benzene rings is 1. The van der Waals surface area contributed by atoms with Gasteiger partial charge in [0.2, 0.25) is 5.91 Å². The molecule has 0 bridgehead atoms. The lowest BCUT2D eigenvalue weighted by Gasteiger charge is -2.10. The highest BCUT2D eigenvalue weighted by Gasteiger charge is 2.03. The highest BCUT2D eigenvalue weighted by Crippen LogP contribution is 2.24. The second-order valence-electron chi connectivity index (χ2n) is 2.98. The van der Waals surface area contributed by atoms with Crippen molar-refractivity contribution in [3.05, 3.63) is 35.3 Å². The average molecular weight is 270 g/mol. The van der Waals surface area contributed by atoms with E-state index in [0.717, 1.165) is 4.48 Å². The summed E-state index contributed by atoms with van der Waals surface area (Å²) in [4.78, 5) is 10.9. The molecule has 1 aromatic carbocycles. The number of rotatable bonds is 4. The van der Waals surface area contributed by atoms with Crippen LogP contribution in [0.2, 0.25) is 0 Å². The minimum absolute atomic E-state index is 0.122. The molecular weight excluding hydrogens is 258 g/mol. The summed E-state index contributed by atoms with van der Waals surface area (Å²) in [5.41, 5.74) is 0.666. The Morgan fingerprint density at radius 3 is 2.80 bits per heavy atom. The Balaban J connectivity index is 2.76. The molecule has 0 unspecified atom stereocenters. The molecule has 3 nitrogen and oxygen atoms in total. The van der Waals surface area contributed by atoms with Crippen molar-refractivity contribution < 1.29 is 9.53 Å². The number of hydrogen-bond acceptors (Lipinski definition) is 2. The minimum atomic E-state index is -0.122. The molecule has 0 heterocycles. The third-order valence-corrected chi connectivity index (χ3v) is 1.81. The number of halogens is 1. The van der Waals surface area contributed by atoms with Crippen LogP contribution in [-0.4, -0.2) is 12.5 Å². The van der Waals surface area contributed by atoms with Gasteiger partial charge in [-0.25, -0.2) is 0 Å². The molecule has 0 atom stereocenters. The first-order chi connectivity index (χ1) is 7.09. The third-order valence-electron chi connectivity index (χ3n) is 1.58. The largest absolute Gasteiger partial charge is 0.486 e. The average Bonchev–Trinajstić information content (AvgIpc) is 2.15. The lowest BCUT2D eigenvalue weighted by Crippen LogP contribution is -2.08. The molecule has 1 amide bonds. The van der Waals surface area contributed by atoms with E-state index in [-0.39, 0.29) is 5.91 Å². The fourth-order valence-electron chi connectivity index (χ4n) is 1.04. The van der Waals surface area contributed by atoms with Crippen molar-refractivity contribution in [2.75, 3.05) is 11.9 Å². The van der Waals surface area contributed by atoms with Crippen LogP contribution in [0.5, 0.6) is 5.75 Å². The Bertz CT molecular complexity index is 377. The molecule has 0 radical (unpaired) electrons. The van der Waals surface area contributed by atoms with Crippen molar-refractivity contribution in [3.63, 3.8) is 0 Å². The van der Waals surface area contributed by atoms with Crippen LogP contribution < -0.4 is 10.1 Å². The molecule has 1 aromatic rings. The van der Waals surface area contributed by atoms with Gasteiger partial charge in [0.15, 0.2) is 0 Å². The maximum absolute atomic E-state index is 10.9. The summed E-state index contributed by atoms with van der Waals surface area (Å²) in [6.45, 7) is 5.50. The van der Waals surface area contributed by atoms with Gasteiger partial charge in [-0.05, 0) is 12.1 Å². The lowest BCUT2D eigenvalue weighted by atomic mass is 10.3. The zero-order valence-corrected chi connectivity index (χ0v) is 10.0. The van der Waals surface area contributed by atoms with Gasteiger partial charge in [0.25, 0.3) is 0 Å². The Morgan fingerprint density at radius 1 is 1.53 bits per heavy atom. The van der Waals surface area contributed by atoms with Crippen LogP contribution in [0.25, 0.3) is 0 Å². The Hall–Kier alpha value is -1.29. The fourth-order valence-corrected chi connectivity index (χ4v) is 1.16. The van der Waals surface area contributed by atoms with E-state index in [1.54, 1.807) is 12.1 Å². The Labute approximate surface area is 97.3 Å². The van der Waals surface area contributed by atoms with E-state index < -0.39 is 0 Å². The zero-order chi connectivity index (χ0) is 11.3. The second kappa shape index (κ2) is 5.56. The summed E-state index contributed by atoms with van der Waals surface area (Å²) >= 11 is 3.20. The van der Waals surface area contributed by atoms with E-state index >= 15 is 0 Å². The normalized spacial score (nSPS) is 9.47. The summed E-state index contributed by atoms with van der Waals surface area (Å²) in [5.74, 6) is 0.511. The summed E-state index contributed by atoms with van der Waals surface area (Å²) < 4.78 is 6.19. The molecule has 1 N–H and O–H groups in total. The van der Waals surface area contributed by atoms with Gasteiger partial charge in [-0.3, -0.25) is 4.79 Å². The standard InChI is InChI=1S/C11H12BrNO2/c1-8(12)7-15-11-6-4-3-5-10(11)13-9(2)14/h3-6H,1,7H2,2H3,(H,13,14). The van der Waals surface area contributed by atoms with Crippen molar-refractivity contribution in [1.82, 2.24) is 0 Å². The highest BCUT2D eigenvalue weighted by atomic mass is 79.9. The predicted octanol–water partition coefficient (Wildman–Crippen LogP) is 2.93. The van der Waals surface area contributed by atoms with E-state index in [0.29, 0.717) is 18.0 Å². The topological polar surface area (TPSA) is 38.3 Å². The quantitative estimate of drug-likeness (QED) is 0.913. The van der Waals surface area contributed by atoms with E-state index in [9.17, 15) is 4.79 Å². The third kappa shape index (κ3) is 4.16. The van der Waals surface area contributed by atoms with Crippen LogP contribution in [0, 0.1) is 0 Å². The van der Waals surface area contributed by atoms with E-state index in [4.69, 9.17) is 4.74 Å². The second-order valence-corrected chi connectivity index (χ2v) is 4.10. The molecule has 0 saturated heterocycles. The molecule has 1 rings (SSSR count). The van der Waals surface area contributed by atoms with Crippen LogP contribution in [0.1, 0.15) is 6.92 Å². The van der Waals surface area contributed by atoms with Gasteiger partial charge in [0, 0.05) is 11.4 Å². The number of anilines is 1. The maximum Gasteiger partial charge on any atom is 0.221 e. The number of hydrogen-bond donors (Lipinski definition) is 1. The molecule has 0 aromatic heterocycles. The van der Waals surface area contributed by atoms with E-state index in [2.05, 4.69) is 27.8 Å². The molecule has 4 heteroatoms. The number of carbonyl (C=O) groups is 1. The minimum Gasteiger partial charge on any atom is -0.486 e. The number of para-hydroxylation sites is 2. The summed E-state index contributed by atoms with van der Waals surface area (Å²) in [6.07, 6.45) is 0. The monoisotopic (exact) mass is 269 g/mol. The molecule has 0 aliphatic rings. The molecular formula is C11H12BrNO2. The maximum atomic E-state index is 10.9. The van der Waals surface area contributed by atoms with Crippen molar-refractivity contribution >= 4 is 27.5 Å². The number of nitrogens with one attached hydrogen (secondary N) is 1. The van der Waals surface area contributed by atoms with Crippen LogP contribution in [0.3, 0.4) is 0 Å². The summed E-state index contributed by atoms with van der Waals surface area (Å²) in [7, 11) is 0. The molecule has 0 fully saturated rings. The Morgan fingerprint density at radius 2 is 2.20 bits per heavy atom. The van der Waals surface area contributed by atoms with Gasteiger partial charge in [-0.1, -0.05) is 34.6 Å². The molecule has 80 valence electrons. The van der Waals surface area contributed by atoms with Gasteiger partial charge < -0.3 is 10.1 Å². The summed E-state index contributed by atoms with van der Waals surface area (Å²) in [5, 5.41) is 2.69. The first-order valence-electron chi connectivity index (χ1n) is 4.42. The first kappa shape index (κ1) is 11.8. The van der Waals surface area contributed by atoms with Crippen LogP contribution in [0.15, 0.2) is 35.3 Å². The van der Waals surface area contributed by atoms with Gasteiger partial charge in [-0.15, -0.1) is 0 Å². The van der Waals surface area contributed by atoms with Crippen molar-refractivity contribution in [1.29, 1.82) is 0 Å². The van der Waals surface area contributed by atoms with Gasteiger partial charge in [0.1, 0.15) is 12.4 Å². The number of carbonyl (C=O) groups excluding carboxylic acids is 1. The molecule has 0 aliphatic carbocycles. The van der Waals surface area contributed by atoms with Gasteiger partial charge in [0.05, 0.1) is 5.69 Å². The lowest BCUT2D eigenvalue weighted by molar-refractivity contribution is -0.114. The van der Waals surface area contributed by atoms with E-state index in [1.165, 1.54) is 6.92 Å². The fraction of sp³-hybridized carbons (Fsp3) is 0.182. The van der Waals surface area contributed by atoms with Gasteiger partial charge >= 0.3 is 0 Å². The summed E-state index contributed by atoms with van der Waals surface area (Å²) in [6, 6.07) is 7.26. The predicted molar refractivity (Wildman–Crippen MR) is 64.3 cm³/mol. The van der Waals surface area contributed by atoms with Crippen molar-refractivity contribution in [2.45, 2.75) is 6.92 Å². The molecule has 15 heavy (non-hydrogen) atoms. The zero-order valence-electron chi connectivity index (χ0n) is 8.42. The SMILES string of the molecule is C=C(Br)COc1ccccc1NC(C)=O. The van der Waals surface area contributed by atoms with Crippen molar-refractivity contribution in [2.24, 2.45) is 0 Å². The van der Waals surface area contributed by atoms with Crippen LogP contribution in [0.4, 0.5) is 5.69 Å². The highest BCUT2D eigenvalue weighted by molar-refractivity contribution is 9.11. The van der Waals surface area contributed by atoms with Crippen LogP contribution >= 0.6 is 15.9 Å². The molecule has 0 aliphatic heterocycles. The smallest absolute Gasteiger partial charge is 0.221 e. The van der Waals surface area contributed by atoms with Gasteiger partial charge in [-0.2, -0.15) is 0 Å². The number of ether oxygens (including phenoxy) is 1. The van der Waals surface area contributed by atoms with E-state index in [1.807, 2.05) is 12.1 Å². The molecule has 0 saturated carbocycles. The number of amides is 1. The van der Waals surface area contributed by atoms with Crippen molar-refractivity contribution in [3.8, 4) is 5.75 Å². The first-order valence-corrected chi connectivity index (χ1v) is 5.21. The molecule has 0 spiro atoms. The Kier molecular flexibility index (Phi) is 4.37. The van der Waals surface area contributed by atoms with Crippen LogP contribution in [-0.2, 0) is 4.79 Å².